The lowest BCUT2D eigenvalue weighted by Crippen LogP contribution is -2.23. The number of benzene rings is 2. The molecule has 0 atom stereocenters. The van der Waals surface area contributed by atoms with E-state index in [9.17, 15) is 9.59 Å². The minimum absolute atomic E-state index is 0.0668. The van der Waals surface area contributed by atoms with Gasteiger partial charge in [-0.05, 0) is 37.1 Å². The van der Waals surface area contributed by atoms with Crippen LogP contribution in [0.3, 0.4) is 0 Å². The summed E-state index contributed by atoms with van der Waals surface area (Å²) in [7, 11) is 0. The molecule has 1 N–H and O–H groups in total. The van der Waals surface area contributed by atoms with Crippen molar-refractivity contribution in [3.05, 3.63) is 82.6 Å². The molecule has 0 bridgehead atoms. The van der Waals surface area contributed by atoms with Crippen molar-refractivity contribution in [3.8, 4) is 11.3 Å². The first kappa shape index (κ1) is 17.6. The summed E-state index contributed by atoms with van der Waals surface area (Å²) >= 11 is 0. The van der Waals surface area contributed by atoms with Gasteiger partial charge in [0.1, 0.15) is 0 Å². The van der Waals surface area contributed by atoms with Crippen molar-refractivity contribution < 1.29 is 4.79 Å². The third-order valence-corrected chi connectivity index (χ3v) is 4.01. The Hall–Kier alpha value is -3.21. The standard InChI is InChI=1S/C21H21N3O2/c1-16-7-5-10-18(15-16)22-20(25)11-6-14-24-21(26)13-12-19(23-24)17-8-3-2-4-9-17/h2-5,7-10,12-13,15H,6,11,14H2,1H3,(H,22,25). The summed E-state index contributed by atoms with van der Waals surface area (Å²) in [6.45, 7) is 2.38. The number of nitrogens with zero attached hydrogens (tertiary/aromatic N) is 2. The smallest absolute Gasteiger partial charge is 0.266 e. The molecule has 2 aromatic carbocycles. The summed E-state index contributed by atoms with van der Waals surface area (Å²) in [5.74, 6) is -0.0668. The van der Waals surface area contributed by atoms with Crippen molar-refractivity contribution in [3.63, 3.8) is 0 Å². The molecule has 1 aromatic heterocycles. The molecule has 0 radical (unpaired) electrons. The van der Waals surface area contributed by atoms with Gasteiger partial charge in [0.15, 0.2) is 0 Å². The predicted octanol–water partition coefficient (Wildman–Crippen LogP) is 3.64. The minimum Gasteiger partial charge on any atom is -0.326 e. The van der Waals surface area contributed by atoms with Crippen LogP contribution >= 0.6 is 0 Å². The summed E-state index contributed by atoms with van der Waals surface area (Å²) in [4.78, 5) is 24.1. The van der Waals surface area contributed by atoms with Gasteiger partial charge in [0.05, 0.1) is 5.69 Å². The van der Waals surface area contributed by atoms with Gasteiger partial charge < -0.3 is 5.32 Å². The van der Waals surface area contributed by atoms with Gasteiger partial charge >= 0.3 is 0 Å². The zero-order valence-corrected chi connectivity index (χ0v) is 14.7. The highest BCUT2D eigenvalue weighted by atomic mass is 16.1. The number of hydrogen-bond acceptors (Lipinski definition) is 3. The second-order valence-corrected chi connectivity index (χ2v) is 6.17. The van der Waals surface area contributed by atoms with E-state index in [4.69, 9.17) is 0 Å². The molecule has 1 amide bonds. The lowest BCUT2D eigenvalue weighted by Gasteiger charge is -2.08. The topological polar surface area (TPSA) is 64.0 Å². The Labute approximate surface area is 152 Å². The van der Waals surface area contributed by atoms with Crippen molar-refractivity contribution in [1.29, 1.82) is 0 Å². The Morgan fingerprint density at radius 2 is 1.85 bits per heavy atom. The molecule has 1 heterocycles. The summed E-state index contributed by atoms with van der Waals surface area (Å²) in [6.07, 6.45) is 0.875. The molecule has 0 saturated carbocycles. The molecule has 0 saturated heterocycles. The fourth-order valence-corrected chi connectivity index (χ4v) is 2.71. The van der Waals surface area contributed by atoms with Gasteiger partial charge in [-0.25, -0.2) is 4.68 Å². The number of rotatable bonds is 6. The fraction of sp³-hybridized carbons (Fsp3) is 0.190. The van der Waals surface area contributed by atoms with Crippen LogP contribution in [0.25, 0.3) is 11.3 Å². The highest BCUT2D eigenvalue weighted by Gasteiger charge is 2.06. The molecule has 0 aliphatic carbocycles. The summed E-state index contributed by atoms with van der Waals surface area (Å²) in [5.41, 5.74) is 3.42. The van der Waals surface area contributed by atoms with Crippen LogP contribution in [0.15, 0.2) is 71.5 Å². The van der Waals surface area contributed by atoms with Crippen LogP contribution in [0, 0.1) is 6.92 Å². The number of nitrogens with one attached hydrogen (secondary N) is 1. The summed E-state index contributed by atoms with van der Waals surface area (Å²) in [6, 6.07) is 20.6. The van der Waals surface area contributed by atoms with E-state index in [2.05, 4.69) is 10.4 Å². The van der Waals surface area contributed by atoms with E-state index in [0.717, 1.165) is 22.5 Å². The molecule has 0 aliphatic rings. The number of aryl methyl sites for hydroxylation is 2. The average Bonchev–Trinajstić information content (AvgIpc) is 2.64. The van der Waals surface area contributed by atoms with Gasteiger partial charge in [-0.1, -0.05) is 42.5 Å². The lowest BCUT2D eigenvalue weighted by molar-refractivity contribution is -0.116. The quantitative estimate of drug-likeness (QED) is 0.740. The van der Waals surface area contributed by atoms with Crippen LogP contribution in [0.1, 0.15) is 18.4 Å². The summed E-state index contributed by atoms with van der Waals surface area (Å²) in [5, 5.41) is 7.28. The number of carbonyl (C=O) groups is 1. The SMILES string of the molecule is Cc1cccc(NC(=O)CCCn2nc(-c3ccccc3)ccc2=O)c1. The maximum absolute atomic E-state index is 12.1. The summed E-state index contributed by atoms with van der Waals surface area (Å²) < 4.78 is 1.42. The van der Waals surface area contributed by atoms with Crippen molar-refractivity contribution in [1.82, 2.24) is 9.78 Å². The van der Waals surface area contributed by atoms with Crippen molar-refractivity contribution in [2.75, 3.05) is 5.32 Å². The Morgan fingerprint density at radius 3 is 2.62 bits per heavy atom. The Balaban J connectivity index is 1.59. The second-order valence-electron chi connectivity index (χ2n) is 6.17. The zero-order chi connectivity index (χ0) is 18.4. The highest BCUT2D eigenvalue weighted by molar-refractivity contribution is 5.90. The van der Waals surface area contributed by atoms with Crippen molar-refractivity contribution >= 4 is 11.6 Å². The number of carbonyl (C=O) groups excluding carboxylic acids is 1. The molecule has 132 valence electrons. The molecule has 5 heteroatoms. The van der Waals surface area contributed by atoms with Crippen molar-refractivity contribution in [2.45, 2.75) is 26.3 Å². The van der Waals surface area contributed by atoms with E-state index in [1.807, 2.05) is 61.5 Å². The first-order chi connectivity index (χ1) is 12.6. The molecule has 26 heavy (non-hydrogen) atoms. The maximum atomic E-state index is 12.1. The highest BCUT2D eigenvalue weighted by Crippen LogP contribution is 2.14. The lowest BCUT2D eigenvalue weighted by atomic mass is 10.1. The molecule has 0 fully saturated rings. The van der Waals surface area contributed by atoms with Crippen LogP contribution in [-0.2, 0) is 11.3 Å². The first-order valence-electron chi connectivity index (χ1n) is 8.62. The van der Waals surface area contributed by atoms with E-state index in [0.29, 0.717) is 19.4 Å². The number of anilines is 1. The Bertz CT molecular complexity index is 949. The van der Waals surface area contributed by atoms with Crippen LogP contribution in [0.4, 0.5) is 5.69 Å². The average molecular weight is 347 g/mol. The van der Waals surface area contributed by atoms with Gasteiger partial charge in [-0.15, -0.1) is 0 Å². The largest absolute Gasteiger partial charge is 0.326 e. The van der Waals surface area contributed by atoms with E-state index >= 15 is 0 Å². The Morgan fingerprint density at radius 1 is 1.04 bits per heavy atom. The molecule has 5 nitrogen and oxygen atoms in total. The van der Waals surface area contributed by atoms with E-state index < -0.39 is 0 Å². The fourth-order valence-electron chi connectivity index (χ4n) is 2.71. The van der Waals surface area contributed by atoms with E-state index in [1.165, 1.54) is 10.7 Å². The Kier molecular flexibility index (Phi) is 5.59. The molecular weight excluding hydrogens is 326 g/mol. The van der Waals surface area contributed by atoms with Crippen LogP contribution in [-0.4, -0.2) is 15.7 Å². The normalized spacial score (nSPS) is 10.5. The molecular formula is C21H21N3O2. The maximum Gasteiger partial charge on any atom is 0.266 e. The van der Waals surface area contributed by atoms with E-state index in [1.54, 1.807) is 6.07 Å². The van der Waals surface area contributed by atoms with Crippen molar-refractivity contribution in [2.24, 2.45) is 0 Å². The third-order valence-electron chi connectivity index (χ3n) is 4.01. The van der Waals surface area contributed by atoms with Crippen LogP contribution in [0.5, 0.6) is 0 Å². The number of aromatic nitrogens is 2. The molecule has 3 rings (SSSR count). The molecule has 0 aliphatic heterocycles. The van der Waals surface area contributed by atoms with Gasteiger partial charge in [0.2, 0.25) is 5.91 Å². The zero-order valence-electron chi connectivity index (χ0n) is 14.7. The number of hydrogen-bond donors (Lipinski definition) is 1. The van der Waals surface area contributed by atoms with Gasteiger partial charge in [0.25, 0.3) is 5.56 Å². The molecule has 3 aromatic rings. The second kappa shape index (κ2) is 8.25. The van der Waals surface area contributed by atoms with Crippen LogP contribution < -0.4 is 10.9 Å². The third kappa shape index (κ3) is 4.66. The van der Waals surface area contributed by atoms with E-state index in [-0.39, 0.29) is 11.5 Å². The number of amides is 1. The molecule has 0 unspecified atom stereocenters. The molecule has 0 spiro atoms. The van der Waals surface area contributed by atoms with Gasteiger partial charge in [-0.3, -0.25) is 9.59 Å². The van der Waals surface area contributed by atoms with Gasteiger partial charge in [0, 0.05) is 30.3 Å². The first-order valence-corrected chi connectivity index (χ1v) is 8.62. The van der Waals surface area contributed by atoms with Gasteiger partial charge in [-0.2, -0.15) is 5.10 Å². The predicted molar refractivity (Wildman–Crippen MR) is 103 cm³/mol. The van der Waals surface area contributed by atoms with Crippen LogP contribution in [0.2, 0.25) is 0 Å². The minimum atomic E-state index is -0.163. The monoisotopic (exact) mass is 347 g/mol.